The SMILES string of the molecule is Cc1ccc(NC(=O)CSc2nnc(NC(=O)COc3ccc4ccccc4c3)s2)c(C)c1. The van der Waals surface area contributed by atoms with Gasteiger partial charge in [0.15, 0.2) is 10.9 Å². The Bertz CT molecular complexity index is 1310. The minimum atomic E-state index is -0.330. The van der Waals surface area contributed by atoms with Crippen LogP contribution in [0.15, 0.2) is 65.0 Å². The monoisotopic (exact) mass is 478 g/mol. The molecule has 4 rings (SSSR count). The normalized spacial score (nSPS) is 10.7. The summed E-state index contributed by atoms with van der Waals surface area (Å²) in [5.74, 6) is 0.355. The lowest BCUT2D eigenvalue weighted by molar-refractivity contribution is -0.118. The molecule has 33 heavy (non-hydrogen) atoms. The third kappa shape index (κ3) is 6.30. The number of nitrogens with one attached hydrogen (secondary N) is 2. The van der Waals surface area contributed by atoms with Crippen molar-refractivity contribution < 1.29 is 14.3 Å². The number of ether oxygens (including phenoxy) is 1. The van der Waals surface area contributed by atoms with Crippen LogP contribution in [0.4, 0.5) is 10.8 Å². The maximum atomic E-state index is 12.2. The molecule has 0 aliphatic rings. The summed E-state index contributed by atoms with van der Waals surface area (Å²) in [6.07, 6.45) is 0. The summed E-state index contributed by atoms with van der Waals surface area (Å²) in [4.78, 5) is 24.5. The van der Waals surface area contributed by atoms with E-state index in [0.29, 0.717) is 15.2 Å². The Morgan fingerprint density at radius 2 is 1.76 bits per heavy atom. The van der Waals surface area contributed by atoms with Crippen LogP contribution in [-0.2, 0) is 9.59 Å². The van der Waals surface area contributed by atoms with E-state index in [4.69, 9.17) is 4.74 Å². The molecule has 2 amide bonds. The van der Waals surface area contributed by atoms with Crippen LogP contribution in [0.25, 0.3) is 10.8 Å². The lowest BCUT2D eigenvalue weighted by Crippen LogP contribution is -2.20. The summed E-state index contributed by atoms with van der Waals surface area (Å²) >= 11 is 2.48. The number of aryl methyl sites for hydroxylation is 2. The first kappa shape index (κ1) is 22.8. The average Bonchev–Trinajstić information content (AvgIpc) is 3.25. The second-order valence-electron chi connectivity index (χ2n) is 7.37. The Hall–Kier alpha value is -3.43. The number of rotatable bonds is 8. The number of carbonyl (C=O) groups excluding carboxylic acids is 2. The lowest BCUT2D eigenvalue weighted by Gasteiger charge is -2.08. The predicted molar refractivity (Wildman–Crippen MR) is 133 cm³/mol. The van der Waals surface area contributed by atoms with Crippen molar-refractivity contribution in [1.82, 2.24) is 10.2 Å². The van der Waals surface area contributed by atoms with Gasteiger partial charge in [0, 0.05) is 5.69 Å². The molecule has 0 radical (unpaired) electrons. The molecule has 0 unspecified atom stereocenters. The molecular formula is C24H22N4O3S2. The smallest absolute Gasteiger partial charge is 0.264 e. The van der Waals surface area contributed by atoms with Crippen LogP contribution in [0.2, 0.25) is 0 Å². The van der Waals surface area contributed by atoms with Crippen molar-refractivity contribution in [2.24, 2.45) is 0 Å². The molecule has 0 aliphatic heterocycles. The van der Waals surface area contributed by atoms with Gasteiger partial charge in [0.2, 0.25) is 11.0 Å². The van der Waals surface area contributed by atoms with E-state index in [1.165, 1.54) is 23.1 Å². The second kappa shape index (κ2) is 10.5. The molecule has 3 aromatic carbocycles. The summed E-state index contributed by atoms with van der Waals surface area (Å²) in [7, 11) is 0. The van der Waals surface area contributed by atoms with Crippen molar-refractivity contribution in [3.8, 4) is 5.75 Å². The van der Waals surface area contributed by atoms with Crippen LogP contribution in [0, 0.1) is 13.8 Å². The maximum Gasteiger partial charge on any atom is 0.264 e. The molecule has 2 N–H and O–H groups in total. The minimum absolute atomic E-state index is 0.128. The zero-order valence-electron chi connectivity index (χ0n) is 18.1. The van der Waals surface area contributed by atoms with E-state index in [2.05, 4.69) is 20.8 Å². The van der Waals surface area contributed by atoms with Gasteiger partial charge in [0.05, 0.1) is 5.75 Å². The highest BCUT2D eigenvalue weighted by molar-refractivity contribution is 8.01. The van der Waals surface area contributed by atoms with E-state index in [1.807, 2.05) is 74.5 Å². The fourth-order valence-electron chi connectivity index (χ4n) is 3.15. The molecule has 9 heteroatoms. The molecule has 0 fully saturated rings. The van der Waals surface area contributed by atoms with Gasteiger partial charge >= 0.3 is 0 Å². The Labute approximate surface area is 199 Å². The zero-order valence-corrected chi connectivity index (χ0v) is 19.8. The minimum Gasteiger partial charge on any atom is -0.484 e. The molecule has 0 spiro atoms. The van der Waals surface area contributed by atoms with Crippen LogP contribution in [-0.4, -0.2) is 34.4 Å². The standard InChI is InChI=1S/C24H22N4O3S2/c1-15-7-10-20(16(2)11-15)25-22(30)14-32-24-28-27-23(33-24)26-21(29)13-31-19-9-8-17-5-3-4-6-18(17)12-19/h3-12H,13-14H2,1-2H3,(H,25,30)(H,26,27,29). The highest BCUT2D eigenvalue weighted by Gasteiger charge is 2.12. The highest BCUT2D eigenvalue weighted by Crippen LogP contribution is 2.26. The van der Waals surface area contributed by atoms with Crippen LogP contribution >= 0.6 is 23.1 Å². The van der Waals surface area contributed by atoms with Gasteiger partial charge in [-0.2, -0.15) is 0 Å². The Kier molecular flexibility index (Phi) is 7.21. The van der Waals surface area contributed by atoms with E-state index < -0.39 is 0 Å². The molecule has 0 aliphatic carbocycles. The number of thioether (sulfide) groups is 1. The quantitative estimate of drug-likeness (QED) is 0.272. The van der Waals surface area contributed by atoms with Crippen molar-refractivity contribution in [1.29, 1.82) is 0 Å². The highest BCUT2D eigenvalue weighted by atomic mass is 32.2. The van der Waals surface area contributed by atoms with Crippen molar-refractivity contribution >= 4 is 56.5 Å². The van der Waals surface area contributed by atoms with Gasteiger partial charge in [0.1, 0.15) is 5.75 Å². The molecule has 168 valence electrons. The van der Waals surface area contributed by atoms with E-state index in [0.717, 1.165) is 27.6 Å². The second-order valence-corrected chi connectivity index (χ2v) is 9.57. The van der Waals surface area contributed by atoms with E-state index in [-0.39, 0.29) is 24.2 Å². The van der Waals surface area contributed by atoms with E-state index >= 15 is 0 Å². The third-order valence-electron chi connectivity index (χ3n) is 4.73. The molecule has 7 nitrogen and oxygen atoms in total. The van der Waals surface area contributed by atoms with Crippen LogP contribution in [0.3, 0.4) is 0 Å². The molecule has 0 atom stereocenters. The van der Waals surface area contributed by atoms with Crippen molar-refractivity contribution in [2.45, 2.75) is 18.2 Å². The van der Waals surface area contributed by atoms with Crippen LogP contribution in [0.1, 0.15) is 11.1 Å². The van der Waals surface area contributed by atoms with Crippen molar-refractivity contribution in [3.63, 3.8) is 0 Å². The largest absolute Gasteiger partial charge is 0.484 e. The summed E-state index contributed by atoms with van der Waals surface area (Å²) in [6, 6.07) is 19.5. The number of nitrogens with zero attached hydrogens (tertiary/aromatic N) is 2. The maximum absolute atomic E-state index is 12.2. The van der Waals surface area contributed by atoms with Gasteiger partial charge in [-0.1, -0.05) is 71.1 Å². The van der Waals surface area contributed by atoms with Crippen molar-refractivity contribution in [3.05, 3.63) is 71.8 Å². The fraction of sp³-hybridized carbons (Fsp3) is 0.167. The van der Waals surface area contributed by atoms with Gasteiger partial charge in [-0.25, -0.2) is 0 Å². The number of aromatic nitrogens is 2. The van der Waals surface area contributed by atoms with Gasteiger partial charge in [-0.3, -0.25) is 14.9 Å². The fourth-order valence-corrected chi connectivity index (χ4v) is 4.72. The molecule has 0 bridgehead atoms. The molecular weight excluding hydrogens is 456 g/mol. The Balaban J connectivity index is 1.23. The molecule has 1 aromatic heterocycles. The summed E-state index contributed by atoms with van der Waals surface area (Å²) in [5, 5.41) is 16.1. The van der Waals surface area contributed by atoms with Crippen LogP contribution < -0.4 is 15.4 Å². The number of hydrogen-bond donors (Lipinski definition) is 2. The first-order chi connectivity index (χ1) is 16.0. The van der Waals surface area contributed by atoms with Gasteiger partial charge in [-0.05, 0) is 48.4 Å². The average molecular weight is 479 g/mol. The number of fused-ring (bicyclic) bond motifs is 1. The van der Waals surface area contributed by atoms with Gasteiger partial charge in [-0.15, -0.1) is 10.2 Å². The van der Waals surface area contributed by atoms with Crippen molar-refractivity contribution in [2.75, 3.05) is 23.0 Å². The van der Waals surface area contributed by atoms with Gasteiger partial charge < -0.3 is 10.1 Å². The topological polar surface area (TPSA) is 93.2 Å². The van der Waals surface area contributed by atoms with E-state index in [9.17, 15) is 9.59 Å². The number of anilines is 2. The summed E-state index contributed by atoms with van der Waals surface area (Å²) < 4.78 is 6.19. The van der Waals surface area contributed by atoms with Crippen LogP contribution in [0.5, 0.6) is 5.75 Å². The third-order valence-corrected chi connectivity index (χ3v) is 6.70. The molecule has 0 saturated carbocycles. The van der Waals surface area contributed by atoms with E-state index in [1.54, 1.807) is 0 Å². The first-order valence-corrected chi connectivity index (χ1v) is 12.0. The van der Waals surface area contributed by atoms with Gasteiger partial charge in [0.25, 0.3) is 5.91 Å². The molecule has 4 aromatic rings. The zero-order chi connectivity index (χ0) is 23.2. The number of amides is 2. The summed E-state index contributed by atoms with van der Waals surface area (Å²) in [6.45, 7) is 3.83. The number of carbonyl (C=O) groups is 2. The number of benzene rings is 3. The predicted octanol–water partition coefficient (Wildman–Crippen LogP) is 5.06. The summed E-state index contributed by atoms with van der Waals surface area (Å²) in [5.41, 5.74) is 2.95. The lowest BCUT2D eigenvalue weighted by atomic mass is 10.1. The molecule has 0 saturated heterocycles. The Morgan fingerprint density at radius 3 is 2.58 bits per heavy atom. The molecule has 1 heterocycles. The first-order valence-electron chi connectivity index (χ1n) is 10.2. The Morgan fingerprint density at radius 1 is 0.939 bits per heavy atom. The number of hydrogen-bond acceptors (Lipinski definition) is 7.